The summed E-state index contributed by atoms with van der Waals surface area (Å²) >= 11 is 5.85. The number of hydrogen-bond acceptors (Lipinski definition) is 3. The second-order valence-electron chi connectivity index (χ2n) is 5.45. The van der Waals surface area contributed by atoms with Gasteiger partial charge in [-0.3, -0.25) is 9.78 Å². The van der Waals surface area contributed by atoms with Crippen LogP contribution in [0.2, 0.25) is 5.02 Å². The third-order valence-electron chi connectivity index (χ3n) is 3.90. The summed E-state index contributed by atoms with van der Waals surface area (Å²) in [5.41, 5.74) is 2.37. The molecule has 1 aliphatic heterocycles. The highest BCUT2D eigenvalue weighted by molar-refractivity contribution is 6.30. The van der Waals surface area contributed by atoms with Gasteiger partial charge < -0.3 is 10.6 Å². The highest BCUT2D eigenvalue weighted by Crippen LogP contribution is 2.24. The van der Waals surface area contributed by atoms with E-state index in [-0.39, 0.29) is 5.91 Å². The summed E-state index contributed by atoms with van der Waals surface area (Å²) in [5.74, 6) is 0.310. The Morgan fingerprint density at radius 2 is 1.91 bits per heavy atom. The number of benzene rings is 1. The Bertz CT molecular complexity index is 651. The molecule has 5 heteroatoms. The normalized spacial score (nSPS) is 15.5. The number of rotatable bonds is 3. The van der Waals surface area contributed by atoms with E-state index in [9.17, 15) is 4.79 Å². The molecule has 1 saturated heterocycles. The summed E-state index contributed by atoms with van der Waals surface area (Å²) in [6.45, 7) is 2.01. The van der Waals surface area contributed by atoms with Crippen molar-refractivity contribution < 1.29 is 4.79 Å². The maximum atomic E-state index is 12.3. The monoisotopic (exact) mass is 315 g/mol. The van der Waals surface area contributed by atoms with E-state index < -0.39 is 0 Å². The van der Waals surface area contributed by atoms with Crippen molar-refractivity contribution in [2.75, 3.05) is 18.4 Å². The maximum absolute atomic E-state index is 12.3. The molecule has 2 aromatic rings. The van der Waals surface area contributed by atoms with Gasteiger partial charge in [-0.05, 0) is 62.3 Å². The van der Waals surface area contributed by atoms with E-state index in [1.807, 2.05) is 6.07 Å². The lowest BCUT2D eigenvalue weighted by atomic mass is 9.93. The number of nitrogens with zero attached hydrogens (tertiary/aromatic N) is 1. The van der Waals surface area contributed by atoms with Gasteiger partial charge in [-0.25, -0.2) is 0 Å². The van der Waals surface area contributed by atoms with E-state index in [2.05, 4.69) is 15.6 Å². The number of aromatic nitrogens is 1. The van der Waals surface area contributed by atoms with Crippen LogP contribution in [0.1, 0.15) is 34.8 Å². The molecule has 3 rings (SSSR count). The average molecular weight is 316 g/mol. The average Bonchev–Trinajstić information content (AvgIpc) is 2.58. The van der Waals surface area contributed by atoms with Gasteiger partial charge in [-0.1, -0.05) is 11.6 Å². The van der Waals surface area contributed by atoms with Gasteiger partial charge in [-0.2, -0.15) is 0 Å². The first-order valence-electron chi connectivity index (χ1n) is 7.46. The molecule has 1 aromatic heterocycles. The predicted octanol–water partition coefficient (Wildman–Crippen LogP) is 3.45. The van der Waals surface area contributed by atoms with Gasteiger partial charge in [0.2, 0.25) is 0 Å². The number of piperidine rings is 1. The molecule has 1 aromatic carbocycles. The van der Waals surface area contributed by atoms with Crippen LogP contribution in [0.5, 0.6) is 0 Å². The van der Waals surface area contributed by atoms with Crippen molar-refractivity contribution in [2.24, 2.45) is 0 Å². The standard InChI is InChI=1S/C17H18ClN3O/c18-14-1-3-15(4-2-14)21-17(22)13-7-10-20-16(11-13)12-5-8-19-9-6-12/h1-4,7,10-12,19H,5-6,8-9H2,(H,21,22). The van der Waals surface area contributed by atoms with Crippen molar-refractivity contribution in [3.05, 3.63) is 58.9 Å². The van der Waals surface area contributed by atoms with E-state index in [4.69, 9.17) is 11.6 Å². The molecule has 0 spiro atoms. The van der Waals surface area contributed by atoms with Crippen molar-refractivity contribution in [3.8, 4) is 0 Å². The molecular weight excluding hydrogens is 298 g/mol. The smallest absolute Gasteiger partial charge is 0.255 e. The Morgan fingerprint density at radius 1 is 1.18 bits per heavy atom. The fourth-order valence-corrected chi connectivity index (χ4v) is 2.79. The van der Waals surface area contributed by atoms with Crippen LogP contribution in [0.4, 0.5) is 5.69 Å². The number of amides is 1. The Labute approximate surface area is 134 Å². The molecule has 4 nitrogen and oxygen atoms in total. The SMILES string of the molecule is O=C(Nc1ccc(Cl)cc1)c1ccnc(C2CCNCC2)c1. The molecule has 2 N–H and O–H groups in total. The van der Waals surface area contributed by atoms with Crippen LogP contribution >= 0.6 is 11.6 Å². The van der Waals surface area contributed by atoms with Gasteiger partial charge in [-0.15, -0.1) is 0 Å². The lowest BCUT2D eigenvalue weighted by Gasteiger charge is -2.22. The van der Waals surface area contributed by atoms with Crippen LogP contribution in [0.25, 0.3) is 0 Å². The molecule has 0 bridgehead atoms. The van der Waals surface area contributed by atoms with Crippen molar-refractivity contribution in [1.29, 1.82) is 0 Å². The minimum Gasteiger partial charge on any atom is -0.322 e. The summed E-state index contributed by atoms with van der Waals surface area (Å²) in [6.07, 6.45) is 3.85. The minimum absolute atomic E-state index is 0.125. The molecule has 1 fully saturated rings. The van der Waals surface area contributed by atoms with Gasteiger partial charge in [0.1, 0.15) is 0 Å². The van der Waals surface area contributed by atoms with Gasteiger partial charge >= 0.3 is 0 Å². The first-order chi connectivity index (χ1) is 10.7. The van der Waals surface area contributed by atoms with Crippen molar-refractivity contribution >= 4 is 23.2 Å². The molecule has 2 heterocycles. The maximum Gasteiger partial charge on any atom is 0.255 e. The van der Waals surface area contributed by atoms with Crippen LogP contribution < -0.4 is 10.6 Å². The zero-order chi connectivity index (χ0) is 15.4. The van der Waals surface area contributed by atoms with E-state index in [0.29, 0.717) is 16.5 Å². The van der Waals surface area contributed by atoms with E-state index in [1.54, 1.807) is 36.5 Å². The van der Waals surface area contributed by atoms with Gasteiger partial charge in [0.25, 0.3) is 5.91 Å². The number of nitrogens with one attached hydrogen (secondary N) is 2. The molecule has 1 aliphatic rings. The van der Waals surface area contributed by atoms with E-state index in [1.165, 1.54) is 0 Å². The highest BCUT2D eigenvalue weighted by Gasteiger charge is 2.17. The third-order valence-corrected chi connectivity index (χ3v) is 4.15. The summed E-state index contributed by atoms with van der Waals surface area (Å²) in [5, 5.41) is 6.87. The zero-order valence-corrected chi connectivity index (χ0v) is 12.9. The van der Waals surface area contributed by atoms with Gasteiger partial charge in [0, 0.05) is 34.1 Å². The van der Waals surface area contributed by atoms with Crippen LogP contribution in [-0.2, 0) is 0 Å². The Hall–Kier alpha value is -1.91. The fourth-order valence-electron chi connectivity index (χ4n) is 2.67. The first kappa shape index (κ1) is 15.0. The summed E-state index contributed by atoms with van der Waals surface area (Å²) < 4.78 is 0. The summed E-state index contributed by atoms with van der Waals surface area (Å²) in [7, 11) is 0. The molecule has 1 amide bonds. The molecular formula is C17H18ClN3O. The Kier molecular flexibility index (Phi) is 4.71. The second-order valence-corrected chi connectivity index (χ2v) is 5.89. The first-order valence-corrected chi connectivity index (χ1v) is 7.84. The molecule has 0 radical (unpaired) electrons. The number of pyridine rings is 1. The van der Waals surface area contributed by atoms with Crippen LogP contribution in [0.3, 0.4) is 0 Å². The fraction of sp³-hybridized carbons (Fsp3) is 0.294. The number of carbonyl (C=O) groups is 1. The number of halogens is 1. The number of carbonyl (C=O) groups excluding carboxylic acids is 1. The lowest BCUT2D eigenvalue weighted by Crippen LogP contribution is -2.27. The van der Waals surface area contributed by atoms with Gasteiger partial charge in [0.05, 0.1) is 0 Å². The van der Waals surface area contributed by atoms with Crippen molar-refractivity contribution in [1.82, 2.24) is 10.3 Å². The van der Waals surface area contributed by atoms with Gasteiger partial charge in [0.15, 0.2) is 0 Å². The molecule has 22 heavy (non-hydrogen) atoms. The number of hydrogen-bond donors (Lipinski definition) is 2. The van der Waals surface area contributed by atoms with E-state index in [0.717, 1.165) is 37.3 Å². The molecule has 0 saturated carbocycles. The summed E-state index contributed by atoms with van der Waals surface area (Å²) in [6, 6.07) is 10.7. The molecule has 0 aliphatic carbocycles. The lowest BCUT2D eigenvalue weighted by molar-refractivity contribution is 0.102. The van der Waals surface area contributed by atoms with Crippen molar-refractivity contribution in [2.45, 2.75) is 18.8 Å². The van der Waals surface area contributed by atoms with Crippen LogP contribution in [0, 0.1) is 0 Å². The summed E-state index contributed by atoms with van der Waals surface area (Å²) in [4.78, 5) is 16.8. The molecule has 0 unspecified atom stereocenters. The quantitative estimate of drug-likeness (QED) is 0.912. The largest absolute Gasteiger partial charge is 0.322 e. The Balaban J connectivity index is 1.73. The number of anilines is 1. The topological polar surface area (TPSA) is 54.0 Å². The second kappa shape index (κ2) is 6.90. The van der Waals surface area contributed by atoms with Crippen LogP contribution in [0.15, 0.2) is 42.6 Å². The highest BCUT2D eigenvalue weighted by atomic mass is 35.5. The van der Waals surface area contributed by atoms with Crippen LogP contribution in [-0.4, -0.2) is 24.0 Å². The minimum atomic E-state index is -0.125. The van der Waals surface area contributed by atoms with E-state index >= 15 is 0 Å². The molecule has 114 valence electrons. The molecule has 0 atom stereocenters. The van der Waals surface area contributed by atoms with Crippen molar-refractivity contribution in [3.63, 3.8) is 0 Å². The third kappa shape index (κ3) is 3.64. The Morgan fingerprint density at radius 3 is 2.64 bits per heavy atom. The zero-order valence-electron chi connectivity index (χ0n) is 12.2. The predicted molar refractivity (Wildman–Crippen MR) is 88.5 cm³/mol.